The third kappa shape index (κ3) is 7.85. The maximum atomic E-state index is 12.1. The number of hydrazone groups is 2. The highest BCUT2D eigenvalue weighted by atomic mass is 16.2. The topological polar surface area (TPSA) is 107 Å². The van der Waals surface area contributed by atoms with Gasteiger partial charge in [-0.15, -0.1) is 0 Å². The van der Waals surface area contributed by atoms with E-state index in [9.17, 15) is 9.59 Å². The molecule has 0 radical (unpaired) electrons. The Morgan fingerprint density at radius 3 is 1.24 bits per heavy atom. The van der Waals surface area contributed by atoms with Crippen molar-refractivity contribution in [1.29, 1.82) is 0 Å². The number of carbonyl (C=O) groups excluding carboxylic acids is 2. The van der Waals surface area contributed by atoms with Crippen LogP contribution in [0, 0.1) is 0 Å². The van der Waals surface area contributed by atoms with E-state index in [-0.39, 0.29) is 28.6 Å². The number of amides is 2. The van der Waals surface area contributed by atoms with E-state index >= 15 is 0 Å². The highest BCUT2D eigenvalue weighted by molar-refractivity contribution is 5.98. The molecule has 2 aliphatic heterocycles. The van der Waals surface area contributed by atoms with Gasteiger partial charge in [0.1, 0.15) is 6.42 Å². The van der Waals surface area contributed by atoms with Crippen LogP contribution in [0.2, 0.25) is 0 Å². The van der Waals surface area contributed by atoms with Crippen molar-refractivity contribution < 1.29 is 9.59 Å². The molecule has 0 saturated carbocycles. The molecule has 4 N–H and O–H groups in total. The van der Waals surface area contributed by atoms with Crippen LogP contribution in [0.25, 0.3) is 0 Å². The van der Waals surface area contributed by atoms with E-state index in [0.29, 0.717) is 0 Å². The zero-order valence-corrected chi connectivity index (χ0v) is 19.2. The van der Waals surface area contributed by atoms with Crippen molar-refractivity contribution in [3.05, 3.63) is 0 Å². The minimum Gasteiger partial charge on any atom is -0.306 e. The molecule has 2 heterocycles. The molecule has 0 aliphatic carbocycles. The Bertz CT molecular complexity index is 623. The van der Waals surface area contributed by atoms with Crippen LogP contribution in [0.1, 0.15) is 87.5 Å². The van der Waals surface area contributed by atoms with Crippen LogP contribution in [0.3, 0.4) is 0 Å². The molecule has 2 rings (SSSR count). The standard InChI is InChI=1S/C21H38N6O2/c1-18(2)10-14(11-19(3,4)26-18)22-24-16(28)9-17(29)25-23-15-12-20(5,6)27-21(7,8)13-15/h26-27H,9-13H2,1-8H3,(H,24,28)(H,25,29). The smallest absolute Gasteiger partial charge is 0.249 e. The van der Waals surface area contributed by atoms with Gasteiger partial charge in [-0.3, -0.25) is 9.59 Å². The Labute approximate surface area is 174 Å². The SMILES string of the molecule is CC1(C)CC(=NNC(=O)CC(=O)NN=C2CC(C)(C)NC(C)(C)C2)CC(C)(C)N1. The lowest BCUT2D eigenvalue weighted by molar-refractivity contribution is -0.129. The van der Waals surface area contributed by atoms with Crippen LogP contribution in [0.4, 0.5) is 0 Å². The highest BCUT2D eigenvalue weighted by Gasteiger charge is 2.36. The molecule has 8 nitrogen and oxygen atoms in total. The fourth-order valence-corrected chi connectivity index (χ4v) is 4.84. The molecule has 29 heavy (non-hydrogen) atoms. The van der Waals surface area contributed by atoms with Gasteiger partial charge < -0.3 is 10.6 Å². The van der Waals surface area contributed by atoms with Gasteiger partial charge >= 0.3 is 0 Å². The summed E-state index contributed by atoms with van der Waals surface area (Å²) in [5.74, 6) is -0.870. The Morgan fingerprint density at radius 1 is 0.690 bits per heavy atom. The number of hydrogen-bond donors (Lipinski definition) is 4. The summed E-state index contributed by atoms with van der Waals surface area (Å²) in [6.45, 7) is 16.9. The summed E-state index contributed by atoms with van der Waals surface area (Å²) in [6.07, 6.45) is 2.68. The van der Waals surface area contributed by atoms with Crippen molar-refractivity contribution in [2.75, 3.05) is 0 Å². The van der Waals surface area contributed by atoms with E-state index in [1.54, 1.807) is 0 Å². The molecule has 2 saturated heterocycles. The van der Waals surface area contributed by atoms with Gasteiger partial charge in [0.15, 0.2) is 0 Å². The lowest BCUT2D eigenvalue weighted by Crippen LogP contribution is -2.58. The quantitative estimate of drug-likeness (QED) is 0.424. The van der Waals surface area contributed by atoms with Gasteiger partial charge in [0.2, 0.25) is 11.8 Å². The molecular weight excluding hydrogens is 368 g/mol. The normalized spacial score (nSPS) is 24.4. The summed E-state index contributed by atoms with van der Waals surface area (Å²) in [7, 11) is 0. The Morgan fingerprint density at radius 2 is 0.966 bits per heavy atom. The number of rotatable bonds is 4. The predicted molar refractivity (Wildman–Crippen MR) is 117 cm³/mol. The van der Waals surface area contributed by atoms with E-state index in [2.05, 4.69) is 87.1 Å². The number of nitrogens with one attached hydrogen (secondary N) is 4. The van der Waals surface area contributed by atoms with Crippen LogP contribution in [-0.4, -0.2) is 45.4 Å². The maximum Gasteiger partial charge on any atom is 0.249 e. The molecule has 2 amide bonds. The fraction of sp³-hybridized carbons (Fsp3) is 0.810. The van der Waals surface area contributed by atoms with E-state index < -0.39 is 11.8 Å². The number of hydrogen-bond acceptors (Lipinski definition) is 6. The molecular formula is C21H38N6O2. The van der Waals surface area contributed by atoms with Crippen LogP contribution >= 0.6 is 0 Å². The predicted octanol–water partition coefficient (Wildman–Crippen LogP) is 2.20. The van der Waals surface area contributed by atoms with Gasteiger partial charge in [0.25, 0.3) is 0 Å². The van der Waals surface area contributed by atoms with Gasteiger partial charge in [-0.05, 0) is 55.4 Å². The third-order valence-electron chi connectivity index (χ3n) is 4.94. The lowest BCUT2D eigenvalue weighted by atomic mass is 9.81. The first-order chi connectivity index (χ1) is 13.1. The Kier molecular flexibility index (Phi) is 6.59. The second-order valence-electron chi connectivity index (χ2n) is 11.1. The molecule has 164 valence electrons. The summed E-state index contributed by atoms with van der Waals surface area (Å²) in [5.41, 5.74) is 6.54. The first-order valence-electron chi connectivity index (χ1n) is 10.3. The van der Waals surface area contributed by atoms with E-state index in [4.69, 9.17) is 0 Å². The van der Waals surface area contributed by atoms with E-state index in [1.165, 1.54) is 0 Å². The van der Waals surface area contributed by atoms with Gasteiger partial charge in [-0.2, -0.15) is 10.2 Å². The number of piperidine rings is 2. The third-order valence-corrected chi connectivity index (χ3v) is 4.94. The van der Waals surface area contributed by atoms with Gasteiger partial charge in [-0.1, -0.05) is 0 Å². The molecule has 8 heteroatoms. The molecule has 0 aromatic rings. The first-order valence-corrected chi connectivity index (χ1v) is 10.3. The molecule has 0 spiro atoms. The number of carbonyl (C=O) groups is 2. The first kappa shape index (κ1) is 23.5. The van der Waals surface area contributed by atoms with Gasteiger partial charge in [-0.25, -0.2) is 10.9 Å². The van der Waals surface area contributed by atoms with Crippen molar-refractivity contribution >= 4 is 23.2 Å². The minimum absolute atomic E-state index is 0.0881. The van der Waals surface area contributed by atoms with Crippen LogP contribution < -0.4 is 21.5 Å². The maximum absolute atomic E-state index is 12.1. The van der Waals surface area contributed by atoms with Crippen molar-refractivity contribution in [2.45, 2.75) is 110 Å². The molecule has 2 fully saturated rings. The van der Waals surface area contributed by atoms with Gasteiger partial charge in [0, 0.05) is 59.3 Å². The second-order valence-corrected chi connectivity index (χ2v) is 11.1. The summed E-state index contributed by atoms with van der Waals surface area (Å²) in [6, 6.07) is 0. The monoisotopic (exact) mass is 406 g/mol. The fourth-order valence-electron chi connectivity index (χ4n) is 4.84. The van der Waals surface area contributed by atoms with Crippen molar-refractivity contribution in [3.63, 3.8) is 0 Å². The molecule has 0 aromatic carbocycles. The summed E-state index contributed by atoms with van der Waals surface area (Å²) < 4.78 is 0. The average molecular weight is 407 g/mol. The lowest BCUT2D eigenvalue weighted by Gasteiger charge is -2.43. The van der Waals surface area contributed by atoms with Crippen molar-refractivity contribution in [2.24, 2.45) is 10.2 Å². The Balaban J connectivity index is 1.87. The molecule has 0 atom stereocenters. The van der Waals surface area contributed by atoms with E-state index in [1.807, 2.05) is 0 Å². The van der Waals surface area contributed by atoms with Crippen molar-refractivity contribution in [3.8, 4) is 0 Å². The zero-order valence-electron chi connectivity index (χ0n) is 19.2. The van der Waals surface area contributed by atoms with Crippen molar-refractivity contribution in [1.82, 2.24) is 21.5 Å². The highest BCUT2D eigenvalue weighted by Crippen LogP contribution is 2.27. The van der Waals surface area contributed by atoms with Crippen LogP contribution in [0.15, 0.2) is 10.2 Å². The zero-order chi connectivity index (χ0) is 22.1. The summed E-state index contributed by atoms with van der Waals surface area (Å²) in [5, 5.41) is 15.7. The largest absolute Gasteiger partial charge is 0.306 e. The average Bonchev–Trinajstić information content (AvgIpc) is 2.45. The van der Waals surface area contributed by atoms with Crippen LogP contribution in [-0.2, 0) is 9.59 Å². The number of nitrogens with zero attached hydrogens (tertiary/aromatic N) is 2. The second kappa shape index (κ2) is 8.14. The summed E-state index contributed by atoms with van der Waals surface area (Å²) in [4.78, 5) is 24.2. The molecule has 0 bridgehead atoms. The van der Waals surface area contributed by atoms with Gasteiger partial charge in [0.05, 0.1) is 0 Å². The minimum atomic E-state index is -0.435. The molecule has 2 aliphatic rings. The molecule has 0 aromatic heterocycles. The summed E-state index contributed by atoms with van der Waals surface area (Å²) >= 11 is 0. The van der Waals surface area contributed by atoms with E-state index in [0.717, 1.165) is 37.1 Å². The molecule has 0 unspecified atom stereocenters. The Hall–Kier alpha value is -1.80. The van der Waals surface area contributed by atoms with Crippen LogP contribution in [0.5, 0.6) is 0 Å².